The number of benzene rings is 2. The molecular weight excluding hydrogens is 441 g/mol. The fourth-order valence-electron chi connectivity index (χ4n) is 4.63. The molecule has 1 aromatic heterocycles. The minimum absolute atomic E-state index is 0.101. The van der Waals surface area contributed by atoms with Crippen molar-refractivity contribution in [3.63, 3.8) is 0 Å². The van der Waals surface area contributed by atoms with Crippen LogP contribution in [0, 0.1) is 11.8 Å². The Morgan fingerprint density at radius 2 is 1.91 bits per heavy atom. The fourth-order valence-corrected chi connectivity index (χ4v) is 4.63. The Morgan fingerprint density at radius 3 is 2.59 bits per heavy atom. The fraction of sp³-hybridized carbons (Fsp3) is 0.259. The third-order valence-corrected chi connectivity index (χ3v) is 6.41. The molecule has 7 heteroatoms. The van der Waals surface area contributed by atoms with Gasteiger partial charge in [-0.15, -0.1) is 0 Å². The molecule has 0 radical (unpaired) electrons. The van der Waals surface area contributed by atoms with Crippen LogP contribution in [0.1, 0.15) is 28.3 Å². The number of halogens is 3. The normalized spacial score (nSPS) is 20.2. The Labute approximate surface area is 196 Å². The van der Waals surface area contributed by atoms with Gasteiger partial charge in [0.15, 0.2) is 0 Å². The lowest BCUT2D eigenvalue weighted by molar-refractivity contribution is -0.137. The summed E-state index contributed by atoms with van der Waals surface area (Å²) in [6, 6.07) is 16.5. The summed E-state index contributed by atoms with van der Waals surface area (Å²) in [5, 5.41) is 12.8. The van der Waals surface area contributed by atoms with E-state index in [9.17, 15) is 23.1 Å². The highest BCUT2D eigenvalue weighted by Crippen LogP contribution is 2.41. The third-order valence-electron chi connectivity index (χ3n) is 6.41. The van der Waals surface area contributed by atoms with E-state index in [1.807, 2.05) is 36.4 Å². The molecule has 0 saturated carbocycles. The molecule has 176 valence electrons. The van der Waals surface area contributed by atoms with Crippen LogP contribution in [-0.4, -0.2) is 29.7 Å². The second kappa shape index (κ2) is 9.81. The van der Waals surface area contributed by atoms with Crippen molar-refractivity contribution in [1.29, 1.82) is 0 Å². The number of rotatable bonds is 5. The number of alkyl halides is 3. The number of aromatic nitrogens is 1. The lowest BCUT2D eigenvalue weighted by atomic mass is 9.68. The maximum Gasteiger partial charge on any atom is 0.416 e. The van der Waals surface area contributed by atoms with Gasteiger partial charge in [-0.05, 0) is 47.4 Å². The Morgan fingerprint density at radius 1 is 1.12 bits per heavy atom. The predicted octanol–water partition coefficient (Wildman–Crippen LogP) is 5.09. The van der Waals surface area contributed by atoms with Crippen LogP contribution in [0.5, 0.6) is 0 Å². The summed E-state index contributed by atoms with van der Waals surface area (Å²) in [6.07, 6.45) is 1.47. The highest BCUT2D eigenvalue weighted by molar-refractivity contribution is 5.80. The molecule has 0 fully saturated rings. The molecule has 2 N–H and O–H groups in total. The standard InChI is InChI=1S/C27H25F3N2O2/c1-31-26(34)24-14-18-5-2-3-8-22(18)23(25(24)16-33)12-11-21-10-9-19(15-32-21)17-6-4-7-20(13-17)27(28,29)30/h2-13,15,23-25,33H,14,16H2,1H3,(H,31,34). The molecule has 2 aromatic carbocycles. The number of carbonyl (C=O) groups excluding carboxylic acids is 1. The van der Waals surface area contributed by atoms with Crippen molar-refractivity contribution < 1.29 is 23.1 Å². The zero-order chi connectivity index (χ0) is 24.3. The second-order valence-corrected chi connectivity index (χ2v) is 8.41. The van der Waals surface area contributed by atoms with Gasteiger partial charge in [0, 0.05) is 43.2 Å². The van der Waals surface area contributed by atoms with E-state index in [2.05, 4.69) is 10.3 Å². The summed E-state index contributed by atoms with van der Waals surface area (Å²) in [6.45, 7) is -0.136. The highest BCUT2D eigenvalue weighted by atomic mass is 19.4. The molecule has 0 aliphatic heterocycles. The quantitative estimate of drug-likeness (QED) is 0.551. The van der Waals surface area contributed by atoms with Gasteiger partial charge in [0.25, 0.3) is 0 Å². The maximum atomic E-state index is 13.0. The summed E-state index contributed by atoms with van der Waals surface area (Å²) in [7, 11) is 1.60. The van der Waals surface area contributed by atoms with Gasteiger partial charge in [-0.3, -0.25) is 9.78 Å². The van der Waals surface area contributed by atoms with Gasteiger partial charge in [0.1, 0.15) is 0 Å². The van der Waals surface area contributed by atoms with E-state index in [0.717, 1.165) is 23.3 Å². The first-order valence-corrected chi connectivity index (χ1v) is 11.0. The van der Waals surface area contributed by atoms with E-state index < -0.39 is 11.7 Å². The van der Waals surface area contributed by atoms with E-state index in [-0.39, 0.29) is 30.3 Å². The van der Waals surface area contributed by atoms with Crippen molar-refractivity contribution in [3.05, 3.63) is 95.3 Å². The van der Waals surface area contributed by atoms with Crippen LogP contribution in [0.2, 0.25) is 0 Å². The number of nitrogens with one attached hydrogen (secondary N) is 1. The van der Waals surface area contributed by atoms with Gasteiger partial charge in [-0.25, -0.2) is 0 Å². The van der Waals surface area contributed by atoms with Gasteiger partial charge < -0.3 is 10.4 Å². The average molecular weight is 467 g/mol. The van der Waals surface area contributed by atoms with Crippen molar-refractivity contribution in [2.45, 2.75) is 18.5 Å². The van der Waals surface area contributed by atoms with Crippen LogP contribution < -0.4 is 5.32 Å². The molecule has 1 heterocycles. The lowest BCUT2D eigenvalue weighted by Crippen LogP contribution is -2.41. The largest absolute Gasteiger partial charge is 0.416 e. The molecular formula is C27H25F3N2O2. The third kappa shape index (κ3) is 4.89. The predicted molar refractivity (Wildman–Crippen MR) is 125 cm³/mol. The van der Waals surface area contributed by atoms with Gasteiger partial charge >= 0.3 is 6.18 Å². The number of carbonyl (C=O) groups is 1. The zero-order valence-corrected chi connectivity index (χ0v) is 18.6. The molecule has 3 unspecified atom stereocenters. The molecule has 4 rings (SSSR count). The Balaban J connectivity index is 1.61. The van der Waals surface area contributed by atoms with Gasteiger partial charge in [0.05, 0.1) is 11.3 Å². The first kappa shape index (κ1) is 23.7. The molecule has 1 aliphatic rings. The number of aliphatic hydroxyl groups is 1. The van der Waals surface area contributed by atoms with Crippen LogP contribution >= 0.6 is 0 Å². The molecule has 3 aromatic rings. The molecule has 0 spiro atoms. The van der Waals surface area contributed by atoms with Crippen molar-refractivity contribution in [2.75, 3.05) is 13.7 Å². The molecule has 3 atom stereocenters. The Kier molecular flexibility index (Phi) is 6.84. The van der Waals surface area contributed by atoms with Crippen LogP contribution in [-0.2, 0) is 17.4 Å². The number of fused-ring (bicyclic) bond motifs is 1. The minimum Gasteiger partial charge on any atom is -0.396 e. The maximum absolute atomic E-state index is 13.0. The molecule has 0 bridgehead atoms. The monoisotopic (exact) mass is 466 g/mol. The van der Waals surface area contributed by atoms with Gasteiger partial charge in [-0.2, -0.15) is 13.2 Å². The number of amides is 1. The summed E-state index contributed by atoms with van der Waals surface area (Å²) in [5.41, 5.74) is 3.09. The van der Waals surface area contributed by atoms with E-state index in [0.29, 0.717) is 23.2 Å². The van der Waals surface area contributed by atoms with Crippen LogP contribution in [0.15, 0.2) is 72.9 Å². The van der Waals surface area contributed by atoms with E-state index in [4.69, 9.17) is 0 Å². The number of hydrogen-bond donors (Lipinski definition) is 2. The summed E-state index contributed by atoms with van der Waals surface area (Å²) < 4.78 is 39.1. The molecule has 4 nitrogen and oxygen atoms in total. The Hall–Kier alpha value is -3.45. The van der Waals surface area contributed by atoms with Crippen molar-refractivity contribution >= 4 is 12.0 Å². The lowest BCUT2D eigenvalue weighted by Gasteiger charge is -2.36. The Bertz CT molecular complexity index is 1190. The number of hydrogen-bond acceptors (Lipinski definition) is 3. The summed E-state index contributed by atoms with van der Waals surface area (Å²) in [5.74, 6) is -0.913. The van der Waals surface area contributed by atoms with Crippen LogP contribution in [0.3, 0.4) is 0 Å². The first-order valence-electron chi connectivity index (χ1n) is 11.0. The number of pyridine rings is 1. The SMILES string of the molecule is CNC(=O)C1Cc2ccccc2C(C=Cc2ccc(-c3cccc(C(F)(F)F)c3)cn2)C1CO. The number of nitrogens with zero attached hydrogens (tertiary/aromatic N) is 1. The second-order valence-electron chi connectivity index (χ2n) is 8.41. The van der Waals surface area contributed by atoms with E-state index in [1.54, 1.807) is 31.4 Å². The molecule has 1 aliphatic carbocycles. The summed E-state index contributed by atoms with van der Waals surface area (Å²) >= 11 is 0. The zero-order valence-electron chi connectivity index (χ0n) is 18.6. The van der Waals surface area contributed by atoms with Crippen molar-refractivity contribution in [3.8, 4) is 11.1 Å². The van der Waals surface area contributed by atoms with E-state index in [1.165, 1.54) is 6.07 Å². The number of aliphatic hydroxyl groups excluding tert-OH is 1. The first-order chi connectivity index (χ1) is 16.3. The number of allylic oxidation sites excluding steroid dienone is 1. The van der Waals surface area contributed by atoms with Crippen LogP contribution in [0.25, 0.3) is 17.2 Å². The van der Waals surface area contributed by atoms with Crippen molar-refractivity contribution in [1.82, 2.24) is 10.3 Å². The van der Waals surface area contributed by atoms with Crippen molar-refractivity contribution in [2.24, 2.45) is 11.8 Å². The highest BCUT2D eigenvalue weighted by Gasteiger charge is 2.38. The minimum atomic E-state index is -4.40. The topological polar surface area (TPSA) is 62.2 Å². The molecule has 1 amide bonds. The molecule has 34 heavy (non-hydrogen) atoms. The molecule has 0 saturated heterocycles. The van der Waals surface area contributed by atoms with Gasteiger partial charge in [0.2, 0.25) is 5.91 Å². The van der Waals surface area contributed by atoms with Crippen LogP contribution in [0.4, 0.5) is 13.2 Å². The smallest absolute Gasteiger partial charge is 0.396 e. The van der Waals surface area contributed by atoms with Gasteiger partial charge in [-0.1, -0.05) is 48.5 Å². The van der Waals surface area contributed by atoms with E-state index >= 15 is 0 Å². The average Bonchev–Trinajstić information content (AvgIpc) is 2.86. The summed E-state index contributed by atoms with van der Waals surface area (Å²) in [4.78, 5) is 16.9.